The third kappa shape index (κ3) is 3.20. The molecule has 1 atom stereocenters. The Morgan fingerprint density at radius 2 is 1.74 bits per heavy atom. The summed E-state index contributed by atoms with van der Waals surface area (Å²) in [6.45, 7) is 0. The second-order valence-corrected chi connectivity index (χ2v) is 8.72. The molecule has 168 valence electrons. The first-order valence-corrected chi connectivity index (χ1v) is 11.5. The van der Waals surface area contributed by atoms with E-state index < -0.39 is 0 Å². The van der Waals surface area contributed by atoms with Gasteiger partial charge in [0.05, 0.1) is 11.7 Å². The highest BCUT2D eigenvalue weighted by atomic mass is 16.1. The van der Waals surface area contributed by atoms with Crippen molar-refractivity contribution in [3.63, 3.8) is 0 Å². The lowest BCUT2D eigenvalue weighted by atomic mass is 10.0. The van der Waals surface area contributed by atoms with Crippen LogP contribution < -0.4 is 10.9 Å². The van der Waals surface area contributed by atoms with E-state index in [1.54, 1.807) is 29.2 Å². The van der Waals surface area contributed by atoms with E-state index in [1.165, 1.54) is 16.3 Å². The lowest BCUT2D eigenvalue weighted by Gasteiger charge is -2.18. The summed E-state index contributed by atoms with van der Waals surface area (Å²) in [5.41, 5.74) is 4.79. The first kappa shape index (κ1) is 19.7. The zero-order chi connectivity index (χ0) is 23.4. The van der Waals surface area contributed by atoms with Gasteiger partial charge in [-0.1, -0.05) is 36.4 Å². The molecular weight excluding hydrogens is 436 g/mol. The number of hydrogen-bond acceptors (Lipinski definition) is 5. The molecule has 1 unspecified atom stereocenters. The van der Waals surface area contributed by atoms with E-state index in [1.807, 2.05) is 41.1 Å². The molecule has 35 heavy (non-hydrogen) atoms. The Morgan fingerprint density at radius 3 is 2.57 bits per heavy atom. The van der Waals surface area contributed by atoms with Gasteiger partial charge >= 0.3 is 0 Å². The number of benzene rings is 3. The summed E-state index contributed by atoms with van der Waals surface area (Å²) in [4.78, 5) is 22.5. The third-order valence-corrected chi connectivity index (χ3v) is 6.67. The predicted molar refractivity (Wildman–Crippen MR) is 136 cm³/mol. The Hall–Kier alpha value is -4.78. The molecule has 0 fully saturated rings. The van der Waals surface area contributed by atoms with Crippen LogP contribution in [0.25, 0.3) is 27.5 Å². The van der Waals surface area contributed by atoms with Crippen LogP contribution in [0, 0.1) is 0 Å². The largest absolute Gasteiger partial charge is 0.324 e. The van der Waals surface area contributed by atoms with Gasteiger partial charge < -0.3 is 5.32 Å². The van der Waals surface area contributed by atoms with Crippen molar-refractivity contribution in [1.29, 1.82) is 0 Å². The van der Waals surface area contributed by atoms with Gasteiger partial charge in [-0.3, -0.25) is 9.36 Å². The quantitative estimate of drug-likeness (QED) is 0.403. The highest BCUT2D eigenvalue weighted by molar-refractivity contribution is 5.91. The second kappa shape index (κ2) is 7.63. The minimum absolute atomic E-state index is 0.0689. The molecule has 6 aromatic rings. The minimum atomic E-state index is -0.108. The summed E-state index contributed by atoms with van der Waals surface area (Å²) >= 11 is 0. The molecular formula is C28H20N6O. The number of nitrogens with one attached hydrogen (secondary N) is 1. The van der Waals surface area contributed by atoms with Crippen LogP contribution in [0.2, 0.25) is 0 Å². The predicted octanol–water partition coefficient (Wildman–Crippen LogP) is 5.02. The van der Waals surface area contributed by atoms with Crippen LogP contribution >= 0.6 is 0 Å². The standard InChI is InChI=1S/C28H20N6O/c35-25-13-8-20-17-29-28(31-21-9-11-22(12-10-21)33-15-3-14-30-33)32-27(20)34(25)24-16-19-6-1-4-18-5-2-7-23(24)26(18)19/h1-15,17,24H,16H2,(H,29,31,32). The molecule has 3 aromatic heterocycles. The Bertz CT molecular complexity index is 1770. The van der Waals surface area contributed by atoms with Crippen molar-refractivity contribution in [3.05, 3.63) is 119 Å². The van der Waals surface area contributed by atoms with Crippen molar-refractivity contribution in [1.82, 2.24) is 24.3 Å². The SMILES string of the molecule is O=c1ccc2cnc(Nc3ccc(-n4cccn4)cc3)nc2n1C1Cc2cccc3cccc1c23. The third-order valence-electron chi connectivity index (χ3n) is 6.67. The fourth-order valence-electron chi connectivity index (χ4n) is 5.09. The van der Waals surface area contributed by atoms with E-state index in [0.29, 0.717) is 11.6 Å². The van der Waals surface area contributed by atoms with Gasteiger partial charge in [0.1, 0.15) is 5.65 Å². The zero-order valence-corrected chi connectivity index (χ0v) is 18.7. The maximum atomic E-state index is 13.2. The van der Waals surface area contributed by atoms with Crippen LogP contribution in [0.5, 0.6) is 0 Å². The lowest BCUT2D eigenvalue weighted by molar-refractivity contribution is 0.597. The van der Waals surface area contributed by atoms with Gasteiger partial charge in [-0.25, -0.2) is 9.67 Å². The van der Waals surface area contributed by atoms with E-state index in [-0.39, 0.29) is 11.6 Å². The van der Waals surface area contributed by atoms with Gasteiger partial charge in [0, 0.05) is 35.7 Å². The molecule has 0 radical (unpaired) electrons. The van der Waals surface area contributed by atoms with Crippen LogP contribution in [0.1, 0.15) is 17.2 Å². The lowest BCUT2D eigenvalue weighted by Crippen LogP contribution is -2.25. The fourth-order valence-corrected chi connectivity index (χ4v) is 5.09. The molecule has 1 aliphatic rings. The van der Waals surface area contributed by atoms with E-state index in [2.05, 4.69) is 51.8 Å². The zero-order valence-electron chi connectivity index (χ0n) is 18.7. The van der Waals surface area contributed by atoms with Crippen molar-refractivity contribution >= 4 is 33.4 Å². The highest BCUT2D eigenvalue weighted by Crippen LogP contribution is 2.39. The maximum absolute atomic E-state index is 13.2. The van der Waals surface area contributed by atoms with Gasteiger partial charge in [-0.05, 0) is 64.7 Å². The molecule has 1 N–H and O–H groups in total. The summed E-state index contributed by atoms with van der Waals surface area (Å²) in [5, 5.41) is 10.8. The van der Waals surface area contributed by atoms with Crippen molar-refractivity contribution in [2.24, 2.45) is 0 Å². The summed E-state index contributed by atoms with van der Waals surface area (Å²) in [5.74, 6) is 0.442. The number of nitrogens with zero attached hydrogens (tertiary/aromatic N) is 5. The molecule has 7 rings (SSSR count). The van der Waals surface area contributed by atoms with Crippen molar-refractivity contribution in [2.75, 3.05) is 5.32 Å². The van der Waals surface area contributed by atoms with Crippen molar-refractivity contribution in [2.45, 2.75) is 12.5 Å². The molecule has 0 saturated heterocycles. The van der Waals surface area contributed by atoms with Gasteiger partial charge in [-0.2, -0.15) is 10.1 Å². The van der Waals surface area contributed by atoms with Crippen LogP contribution in [0.3, 0.4) is 0 Å². The van der Waals surface area contributed by atoms with Gasteiger partial charge in [0.2, 0.25) is 5.95 Å². The molecule has 0 spiro atoms. The molecule has 3 aromatic carbocycles. The Morgan fingerprint density at radius 1 is 0.886 bits per heavy atom. The number of anilines is 2. The molecule has 0 amide bonds. The molecule has 7 heteroatoms. The first-order valence-electron chi connectivity index (χ1n) is 11.5. The van der Waals surface area contributed by atoms with E-state index in [9.17, 15) is 4.79 Å². The first-order chi connectivity index (χ1) is 17.2. The number of fused-ring (bicyclic) bond motifs is 1. The van der Waals surface area contributed by atoms with Crippen LogP contribution in [-0.2, 0) is 6.42 Å². The Balaban J connectivity index is 1.29. The average Bonchev–Trinajstić information content (AvgIpc) is 3.55. The monoisotopic (exact) mass is 456 g/mol. The fraction of sp³-hybridized carbons (Fsp3) is 0.0714. The molecule has 0 bridgehead atoms. The van der Waals surface area contributed by atoms with Gasteiger partial charge in [0.25, 0.3) is 5.56 Å². The summed E-state index contributed by atoms with van der Waals surface area (Å²) in [6, 6.07) is 25.7. The molecule has 3 heterocycles. The normalized spacial score (nSPS) is 14.6. The van der Waals surface area contributed by atoms with Gasteiger partial charge in [-0.15, -0.1) is 0 Å². The highest BCUT2D eigenvalue weighted by Gasteiger charge is 2.27. The van der Waals surface area contributed by atoms with E-state index >= 15 is 0 Å². The van der Waals surface area contributed by atoms with Crippen LogP contribution in [-0.4, -0.2) is 24.3 Å². The second-order valence-electron chi connectivity index (χ2n) is 8.72. The molecule has 1 aliphatic carbocycles. The van der Waals surface area contributed by atoms with E-state index in [4.69, 9.17) is 4.98 Å². The number of pyridine rings is 1. The Labute approximate surface area is 200 Å². The minimum Gasteiger partial charge on any atom is -0.324 e. The van der Waals surface area contributed by atoms with E-state index in [0.717, 1.165) is 28.7 Å². The number of hydrogen-bond donors (Lipinski definition) is 1. The Kier molecular flexibility index (Phi) is 4.29. The molecule has 7 nitrogen and oxygen atoms in total. The van der Waals surface area contributed by atoms with Gasteiger partial charge in [0.15, 0.2) is 0 Å². The van der Waals surface area contributed by atoms with Crippen molar-refractivity contribution < 1.29 is 0 Å². The smallest absolute Gasteiger partial charge is 0.252 e. The van der Waals surface area contributed by atoms with Crippen LogP contribution in [0.4, 0.5) is 11.6 Å². The number of aromatic nitrogens is 5. The summed E-state index contributed by atoms with van der Waals surface area (Å²) < 4.78 is 3.62. The molecule has 0 saturated carbocycles. The van der Waals surface area contributed by atoms with Crippen LogP contribution in [0.15, 0.2) is 102 Å². The number of rotatable bonds is 4. The molecule has 0 aliphatic heterocycles. The topological polar surface area (TPSA) is 77.6 Å². The maximum Gasteiger partial charge on any atom is 0.252 e. The van der Waals surface area contributed by atoms with Crippen molar-refractivity contribution in [3.8, 4) is 5.69 Å². The average molecular weight is 457 g/mol. The summed E-state index contributed by atoms with van der Waals surface area (Å²) in [7, 11) is 0. The summed E-state index contributed by atoms with van der Waals surface area (Å²) in [6.07, 6.45) is 6.17.